The van der Waals surface area contributed by atoms with Crippen LogP contribution in [0.5, 0.6) is 0 Å². The monoisotopic (exact) mass is 276 g/mol. The van der Waals surface area contributed by atoms with Crippen LogP contribution in [0.3, 0.4) is 0 Å². The highest BCUT2D eigenvalue weighted by Gasteiger charge is 2.15. The number of carbonyl (C=O) groups is 1. The molecule has 2 heterocycles. The molecule has 2 aromatic heterocycles. The summed E-state index contributed by atoms with van der Waals surface area (Å²) in [6, 6.07) is 3.41. The molecular weight excluding hydrogens is 260 g/mol. The van der Waals surface area contributed by atoms with Crippen molar-refractivity contribution >= 4 is 22.9 Å². The Balaban J connectivity index is 2.08. The van der Waals surface area contributed by atoms with Gasteiger partial charge in [0.05, 0.1) is 6.04 Å². The van der Waals surface area contributed by atoms with Gasteiger partial charge in [-0.1, -0.05) is 0 Å². The number of nitrogens with one attached hydrogen (secondary N) is 2. The maximum Gasteiger partial charge on any atom is 0.270 e. The lowest BCUT2D eigenvalue weighted by Gasteiger charge is -2.11. The summed E-state index contributed by atoms with van der Waals surface area (Å²) >= 11 is 1.54. The Labute approximate surface area is 116 Å². The minimum Gasteiger partial charge on any atom is -0.388 e. The van der Waals surface area contributed by atoms with Gasteiger partial charge in [-0.2, -0.15) is 0 Å². The zero-order chi connectivity index (χ0) is 13.8. The molecule has 1 atom stereocenters. The normalized spacial score (nSPS) is 11.9. The van der Waals surface area contributed by atoms with Crippen molar-refractivity contribution in [1.29, 1.82) is 0 Å². The summed E-state index contributed by atoms with van der Waals surface area (Å²) < 4.78 is 0. The van der Waals surface area contributed by atoms with Gasteiger partial charge in [0.1, 0.15) is 10.7 Å². The van der Waals surface area contributed by atoms with Crippen LogP contribution in [0, 0.1) is 6.92 Å². The highest BCUT2D eigenvalue weighted by Crippen LogP contribution is 2.18. The molecule has 5 nitrogen and oxygen atoms in total. The highest BCUT2D eigenvalue weighted by molar-refractivity contribution is 7.09. The average Bonchev–Trinajstić information content (AvgIpc) is 2.85. The standard InChI is InChI=1S/C13H16N4OS/c1-8-7-19-13(16-8)9(2)17-12(18)11-6-10(14-3)4-5-15-11/h4-7,9H,1-3H3,(H,14,15)(H,17,18). The molecule has 0 fully saturated rings. The van der Waals surface area contributed by atoms with Crippen molar-refractivity contribution in [2.75, 3.05) is 12.4 Å². The van der Waals surface area contributed by atoms with Gasteiger partial charge in [-0.3, -0.25) is 9.78 Å². The smallest absolute Gasteiger partial charge is 0.270 e. The van der Waals surface area contributed by atoms with Crippen LogP contribution in [0.1, 0.15) is 34.2 Å². The van der Waals surface area contributed by atoms with E-state index in [0.29, 0.717) is 5.69 Å². The number of hydrogen-bond acceptors (Lipinski definition) is 5. The van der Waals surface area contributed by atoms with Gasteiger partial charge in [0.25, 0.3) is 5.91 Å². The zero-order valence-electron chi connectivity index (χ0n) is 11.1. The largest absolute Gasteiger partial charge is 0.388 e. The quantitative estimate of drug-likeness (QED) is 0.899. The highest BCUT2D eigenvalue weighted by atomic mass is 32.1. The number of rotatable bonds is 4. The Bertz CT molecular complexity index is 582. The summed E-state index contributed by atoms with van der Waals surface area (Å²) in [6.45, 7) is 3.85. The van der Waals surface area contributed by atoms with Crippen LogP contribution in [0.4, 0.5) is 5.69 Å². The third-order valence-electron chi connectivity index (χ3n) is 2.64. The van der Waals surface area contributed by atoms with E-state index >= 15 is 0 Å². The van der Waals surface area contributed by atoms with Gasteiger partial charge in [0.2, 0.25) is 0 Å². The molecule has 0 aliphatic heterocycles. The number of aryl methyl sites for hydroxylation is 1. The second-order valence-electron chi connectivity index (χ2n) is 4.20. The van der Waals surface area contributed by atoms with E-state index in [1.807, 2.05) is 25.3 Å². The number of pyridine rings is 1. The lowest BCUT2D eigenvalue weighted by Crippen LogP contribution is -2.27. The van der Waals surface area contributed by atoms with E-state index in [4.69, 9.17) is 0 Å². The van der Waals surface area contributed by atoms with Gasteiger partial charge in [-0.05, 0) is 26.0 Å². The fourth-order valence-corrected chi connectivity index (χ4v) is 2.42. The van der Waals surface area contributed by atoms with Crippen molar-refractivity contribution in [2.24, 2.45) is 0 Å². The minimum atomic E-state index is -0.197. The summed E-state index contributed by atoms with van der Waals surface area (Å²) in [5.41, 5.74) is 2.22. The second kappa shape index (κ2) is 5.79. The first-order chi connectivity index (χ1) is 9.10. The molecule has 100 valence electrons. The van der Waals surface area contributed by atoms with Gasteiger partial charge in [-0.15, -0.1) is 11.3 Å². The molecule has 1 amide bonds. The minimum absolute atomic E-state index is 0.119. The van der Waals surface area contributed by atoms with E-state index in [2.05, 4.69) is 20.6 Å². The molecule has 2 aromatic rings. The molecule has 2 N–H and O–H groups in total. The van der Waals surface area contributed by atoms with Crippen molar-refractivity contribution in [1.82, 2.24) is 15.3 Å². The van der Waals surface area contributed by atoms with E-state index in [1.54, 1.807) is 30.6 Å². The number of nitrogens with zero attached hydrogens (tertiary/aromatic N) is 2. The molecule has 0 aromatic carbocycles. The van der Waals surface area contributed by atoms with E-state index < -0.39 is 0 Å². The summed E-state index contributed by atoms with van der Waals surface area (Å²) in [4.78, 5) is 20.5. The zero-order valence-corrected chi connectivity index (χ0v) is 11.9. The Morgan fingerprint density at radius 1 is 1.47 bits per heavy atom. The average molecular weight is 276 g/mol. The lowest BCUT2D eigenvalue weighted by atomic mass is 10.2. The Morgan fingerprint density at radius 2 is 2.26 bits per heavy atom. The van der Waals surface area contributed by atoms with Crippen LogP contribution in [-0.2, 0) is 0 Å². The number of hydrogen-bond donors (Lipinski definition) is 2. The maximum absolute atomic E-state index is 12.1. The molecule has 1 unspecified atom stereocenters. The van der Waals surface area contributed by atoms with Crippen molar-refractivity contribution in [2.45, 2.75) is 19.9 Å². The second-order valence-corrected chi connectivity index (χ2v) is 5.09. The SMILES string of the molecule is CNc1ccnc(C(=O)NC(C)c2nc(C)cs2)c1. The molecule has 0 radical (unpaired) electrons. The van der Waals surface area contributed by atoms with Crippen LogP contribution < -0.4 is 10.6 Å². The number of carbonyl (C=O) groups excluding carboxylic acids is 1. The van der Waals surface area contributed by atoms with Gasteiger partial charge in [0, 0.05) is 30.0 Å². The van der Waals surface area contributed by atoms with Crippen LogP contribution >= 0.6 is 11.3 Å². The number of thiazole rings is 1. The number of anilines is 1. The van der Waals surface area contributed by atoms with E-state index in [1.165, 1.54) is 0 Å². The molecule has 0 aliphatic rings. The van der Waals surface area contributed by atoms with Crippen LogP contribution in [0.25, 0.3) is 0 Å². The third kappa shape index (κ3) is 3.29. The predicted molar refractivity (Wildman–Crippen MR) is 76.5 cm³/mol. The van der Waals surface area contributed by atoms with Crippen molar-refractivity contribution < 1.29 is 4.79 Å². The summed E-state index contributed by atoms with van der Waals surface area (Å²) in [7, 11) is 1.80. The summed E-state index contributed by atoms with van der Waals surface area (Å²) in [5, 5.41) is 8.74. The first-order valence-electron chi connectivity index (χ1n) is 5.97. The van der Waals surface area contributed by atoms with Gasteiger partial charge in [-0.25, -0.2) is 4.98 Å². The fourth-order valence-electron chi connectivity index (χ4n) is 1.61. The molecule has 2 rings (SSSR count). The molecule has 6 heteroatoms. The predicted octanol–water partition coefficient (Wildman–Crippen LogP) is 2.38. The van der Waals surface area contributed by atoms with E-state index in [0.717, 1.165) is 16.4 Å². The molecule has 0 spiro atoms. The fraction of sp³-hybridized carbons (Fsp3) is 0.308. The molecule has 0 bridgehead atoms. The molecule has 0 saturated carbocycles. The van der Waals surface area contributed by atoms with Crippen LogP contribution in [0.2, 0.25) is 0 Å². The van der Waals surface area contributed by atoms with E-state index in [9.17, 15) is 4.79 Å². The van der Waals surface area contributed by atoms with Crippen molar-refractivity contribution in [3.8, 4) is 0 Å². The van der Waals surface area contributed by atoms with Crippen LogP contribution in [-0.4, -0.2) is 22.9 Å². The first kappa shape index (κ1) is 13.5. The first-order valence-corrected chi connectivity index (χ1v) is 6.85. The maximum atomic E-state index is 12.1. The summed E-state index contributed by atoms with van der Waals surface area (Å²) in [5.74, 6) is -0.197. The van der Waals surface area contributed by atoms with Gasteiger partial charge < -0.3 is 10.6 Å². The molecular formula is C13H16N4OS. The van der Waals surface area contributed by atoms with Gasteiger partial charge in [0.15, 0.2) is 0 Å². The lowest BCUT2D eigenvalue weighted by molar-refractivity contribution is 0.0935. The Hall–Kier alpha value is -1.95. The molecule has 19 heavy (non-hydrogen) atoms. The van der Waals surface area contributed by atoms with Crippen molar-refractivity contribution in [3.05, 3.63) is 40.1 Å². The molecule has 0 saturated heterocycles. The van der Waals surface area contributed by atoms with Crippen molar-refractivity contribution in [3.63, 3.8) is 0 Å². The van der Waals surface area contributed by atoms with Crippen LogP contribution in [0.15, 0.2) is 23.7 Å². The summed E-state index contributed by atoms with van der Waals surface area (Å²) in [6.07, 6.45) is 1.61. The number of amides is 1. The molecule has 0 aliphatic carbocycles. The third-order valence-corrected chi connectivity index (χ3v) is 3.78. The van der Waals surface area contributed by atoms with E-state index in [-0.39, 0.29) is 11.9 Å². The number of aromatic nitrogens is 2. The Morgan fingerprint density at radius 3 is 2.89 bits per heavy atom. The topological polar surface area (TPSA) is 66.9 Å². The van der Waals surface area contributed by atoms with Gasteiger partial charge >= 0.3 is 0 Å². The Kier molecular flexibility index (Phi) is 4.11.